The molecule has 0 aliphatic rings. The lowest BCUT2D eigenvalue weighted by Crippen LogP contribution is -2.20. The highest BCUT2D eigenvalue weighted by atomic mass is 35.5. The second kappa shape index (κ2) is 12.0. The number of halogens is 1. The van der Waals surface area contributed by atoms with Crippen LogP contribution in [0.25, 0.3) is 6.08 Å². The summed E-state index contributed by atoms with van der Waals surface area (Å²) in [5, 5.41) is 15.2. The Hall–Kier alpha value is -4.61. The number of hydrogen-bond donors (Lipinski definition) is 2. The van der Waals surface area contributed by atoms with Gasteiger partial charge in [0.1, 0.15) is 17.4 Å². The number of nitriles is 1. The molecule has 3 aromatic rings. The van der Waals surface area contributed by atoms with Crippen molar-refractivity contribution in [1.29, 1.82) is 5.26 Å². The Labute approximate surface area is 206 Å². The average Bonchev–Trinajstić information content (AvgIpc) is 2.87. The maximum absolute atomic E-state index is 12.7. The number of benzene rings is 3. The predicted molar refractivity (Wildman–Crippen MR) is 132 cm³/mol. The third-order valence-electron chi connectivity index (χ3n) is 4.62. The molecule has 0 saturated heterocycles. The quantitative estimate of drug-likeness (QED) is 0.269. The van der Waals surface area contributed by atoms with E-state index in [1.54, 1.807) is 36.4 Å². The van der Waals surface area contributed by atoms with Crippen LogP contribution in [0.1, 0.15) is 15.9 Å². The molecule has 0 heterocycles. The van der Waals surface area contributed by atoms with Crippen molar-refractivity contribution in [3.8, 4) is 11.8 Å². The van der Waals surface area contributed by atoms with Gasteiger partial charge in [0.2, 0.25) is 0 Å². The van der Waals surface area contributed by atoms with Crippen molar-refractivity contribution >= 4 is 46.8 Å². The molecule has 176 valence electrons. The summed E-state index contributed by atoms with van der Waals surface area (Å²) in [5.41, 5.74) is 1.45. The minimum Gasteiger partial charge on any atom is -0.483 e. The number of para-hydroxylation sites is 1. The number of hydrogen-bond acceptors (Lipinski definition) is 6. The molecule has 3 aromatic carbocycles. The van der Waals surface area contributed by atoms with Crippen LogP contribution < -0.4 is 15.4 Å². The van der Waals surface area contributed by atoms with Gasteiger partial charge in [-0.15, -0.1) is 0 Å². The van der Waals surface area contributed by atoms with Crippen LogP contribution in [0, 0.1) is 11.3 Å². The van der Waals surface area contributed by atoms with E-state index in [1.807, 2.05) is 12.1 Å². The molecule has 0 bridgehead atoms. The molecule has 8 nitrogen and oxygen atoms in total. The van der Waals surface area contributed by atoms with E-state index in [1.165, 1.54) is 43.5 Å². The second-order valence-electron chi connectivity index (χ2n) is 7.08. The van der Waals surface area contributed by atoms with Crippen molar-refractivity contribution in [2.24, 2.45) is 0 Å². The summed E-state index contributed by atoms with van der Waals surface area (Å²) < 4.78 is 10.3. The van der Waals surface area contributed by atoms with Crippen LogP contribution in [0.5, 0.6) is 5.75 Å². The van der Waals surface area contributed by atoms with Gasteiger partial charge < -0.3 is 20.1 Å². The molecular formula is C26H20ClN3O5. The first-order valence-corrected chi connectivity index (χ1v) is 10.7. The zero-order chi connectivity index (χ0) is 25.2. The predicted octanol–water partition coefficient (Wildman–Crippen LogP) is 4.69. The summed E-state index contributed by atoms with van der Waals surface area (Å²) >= 11 is 6.09. The van der Waals surface area contributed by atoms with Crippen molar-refractivity contribution < 1.29 is 23.9 Å². The molecule has 0 atom stereocenters. The van der Waals surface area contributed by atoms with Gasteiger partial charge in [-0.05, 0) is 60.7 Å². The molecule has 2 amide bonds. The summed E-state index contributed by atoms with van der Waals surface area (Å²) in [6.07, 6.45) is 1.31. The minimum atomic E-state index is -0.675. The number of amides is 2. The number of nitrogens with zero attached hydrogens (tertiary/aromatic N) is 1. The largest absolute Gasteiger partial charge is 0.483 e. The Kier molecular flexibility index (Phi) is 8.59. The Morgan fingerprint density at radius 3 is 2.31 bits per heavy atom. The summed E-state index contributed by atoms with van der Waals surface area (Å²) in [6, 6.07) is 21.4. The van der Waals surface area contributed by atoms with E-state index >= 15 is 0 Å². The van der Waals surface area contributed by atoms with E-state index in [0.717, 1.165) is 0 Å². The van der Waals surface area contributed by atoms with E-state index in [4.69, 9.17) is 16.3 Å². The lowest BCUT2D eigenvalue weighted by atomic mass is 10.1. The summed E-state index contributed by atoms with van der Waals surface area (Å²) in [4.78, 5) is 36.4. The third-order valence-corrected chi connectivity index (χ3v) is 4.85. The van der Waals surface area contributed by atoms with Crippen LogP contribution in [-0.2, 0) is 14.3 Å². The molecule has 0 spiro atoms. The second-order valence-corrected chi connectivity index (χ2v) is 7.51. The number of esters is 1. The molecule has 0 aromatic heterocycles. The highest BCUT2D eigenvalue weighted by Crippen LogP contribution is 2.26. The van der Waals surface area contributed by atoms with E-state index in [-0.39, 0.29) is 23.8 Å². The molecule has 0 saturated carbocycles. The topological polar surface area (TPSA) is 118 Å². The number of carbonyl (C=O) groups excluding carboxylic acids is 3. The smallest absolute Gasteiger partial charge is 0.337 e. The molecule has 0 unspecified atom stereocenters. The monoisotopic (exact) mass is 489 g/mol. The lowest BCUT2D eigenvalue weighted by Gasteiger charge is -2.11. The van der Waals surface area contributed by atoms with Crippen LogP contribution in [0.2, 0.25) is 5.02 Å². The molecule has 0 fully saturated rings. The Morgan fingerprint density at radius 1 is 0.971 bits per heavy atom. The normalized spacial score (nSPS) is 10.6. The number of rotatable bonds is 8. The van der Waals surface area contributed by atoms with E-state index < -0.39 is 11.9 Å². The first-order chi connectivity index (χ1) is 16.9. The minimum absolute atomic E-state index is 0.220. The molecule has 9 heteroatoms. The molecule has 0 aliphatic carbocycles. The fraction of sp³-hybridized carbons (Fsp3) is 0.0769. The van der Waals surface area contributed by atoms with Crippen LogP contribution in [-0.4, -0.2) is 31.5 Å². The van der Waals surface area contributed by atoms with Gasteiger partial charge in [0.05, 0.1) is 12.7 Å². The summed E-state index contributed by atoms with van der Waals surface area (Å²) in [7, 11) is 1.27. The Bertz CT molecular complexity index is 1300. The molecule has 0 radical (unpaired) electrons. The zero-order valence-corrected chi connectivity index (χ0v) is 19.3. The van der Waals surface area contributed by atoms with Gasteiger partial charge in [-0.3, -0.25) is 9.59 Å². The standard InChI is InChI=1S/C26H20ClN3O5/c1-34-26(33)17-7-10-22(11-8-17)30-25(32)19(15-28)13-18-14-20(27)9-12-23(18)35-16-24(31)29-21-5-3-2-4-6-21/h2-14H,16H2,1H3,(H,29,31)(H,30,32)/b19-13+. The fourth-order valence-electron chi connectivity index (χ4n) is 2.94. The Morgan fingerprint density at radius 2 is 1.66 bits per heavy atom. The highest BCUT2D eigenvalue weighted by Gasteiger charge is 2.14. The highest BCUT2D eigenvalue weighted by molar-refractivity contribution is 6.30. The van der Waals surface area contributed by atoms with Gasteiger partial charge in [0.25, 0.3) is 11.8 Å². The van der Waals surface area contributed by atoms with Crippen molar-refractivity contribution in [3.63, 3.8) is 0 Å². The van der Waals surface area contributed by atoms with Crippen molar-refractivity contribution in [1.82, 2.24) is 0 Å². The zero-order valence-electron chi connectivity index (χ0n) is 18.6. The van der Waals surface area contributed by atoms with Gasteiger partial charge in [0, 0.05) is 22.0 Å². The van der Waals surface area contributed by atoms with Crippen LogP contribution in [0.3, 0.4) is 0 Å². The number of nitrogens with one attached hydrogen (secondary N) is 2. The van der Waals surface area contributed by atoms with Gasteiger partial charge in [-0.25, -0.2) is 4.79 Å². The fourth-order valence-corrected chi connectivity index (χ4v) is 3.12. The molecule has 3 rings (SSSR count). The SMILES string of the molecule is COC(=O)c1ccc(NC(=O)/C(C#N)=C/c2cc(Cl)ccc2OCC(=O)Nc2ccccc2)cc1. The van der Waals surface area contributed by atoms with Gasteiger partial charge >= 0.3 is 5.97 Å². The van der Waals surface area contributed by atoms with E-state index in [2.05, 4.69) is 15.4 Å². The molecule has 2 N–H and O–H groups in total. The maximum atomic E-state index is 12.7. The molecular weight excluding hydrogens is 470 g/mol. The van der Waals surface area contributed by atoms with Crippen molar-refractivity contribution in [2.75, 3.05) is 24.4 Å². The van der Waals surface area contributed by atoms with E-state index in [9.17, 15) is 19.6 Å². The number of anilines is 2. The average molecular weight is 490 g/mol. The van der Waals surface area contributed by atoms with Crippen molar-refractivity contribution in [2.45, 2.75) is 0 Å². The first kappa shape index (κ1) is 25.0. The van der Waals surface area contributed by atoms with Crippen LogP contribution in [0.4, 0.5) is 11.4 Å². The number of methoxy groups -OCH3 is 1. The van der Waals surface area contributed by atoms with Crippen molar-refractivity contribution in [3.05, 3.63) is 94.5 Å². The summed E-state index contributed by atoms with van der Waals surface area (Å²) in [5.74, 6) is -1.30. The molecule has 0 aliphatic heterocycles. The van der Waals surface area contributed by atoms with Crippen LogP contribution >= 0.6 is 11.6 Å². The van der Waals surface area contributed by atoms with E-state index in [0.29, 0.717) is 27.5 Å². The van der Waals surface area contributed by atoms with Gasteiger partial charge in [-0.2, -0.15) is 5.26 Å². The summed E-state index contributed by atoms with van der Waals surface area (Å²) in [6.45, 7) is -0.294. The number of ether oxygens (including phenoxy) is 2. The Balaban J connectivity index is 1.73. The third kappa shape index (κ3) is 7.19. The van der Waals surface area contributed by atoms with Crippen LogP contribution in [0.15, 0.2) is 78.4 Å². The first-order valence-electron chi connectivity index (χ1n) is 10.3. The molecule has 35 heavy (non-hydrogen) atoms. The van der Waals surface area contributed by atoms with Gasteiger partial charge in [0.15, 0.2) is 6.61 Å². The lowest BCUT2D eigenvalue weighted by molar-refractivity contribution is -0.118. The van der Waals surface area contributed by atoms with Gasteiger partial charge in [-0.1, -0.05) is 29.8 Å². The maximum Gasteiger partial charge on any atom is 0.337 e. The number of carbonyl (C=O) groups is 3.